The molecular formula is C14H16N2O2. The maximum atomic E-state index is 11.6. The van der Waals surface area contributed by atoms with Crippen LogP contribution in [0.25, 0.3) is 11.4 Å². The summed E-state index contributed by atoms with van der Waals surface area (Å²) < 4.78 is 5.00. The average Bonchev–Trinajstić information content (AvgIpc) is 2.32. The molecular weight excluding hydrogens is 228 g/mol. The predicted molar refractivity (Wildman–Crippen MR) is 70.5 cm³/mol. The topological polar surface area (TPSA) is 55.0 Å². The second-order valence-electron chi connectivity index (χ2n) is 4.32. The zero-order valence-electron chi connectivity index (χ0n) is 10.8. The molecule has 94 valence electrons. The summed E-state index contributed by atoms with van der Waals surface area (Å²) in [6.07, 6.45) is 0. The van der Waals surface area contributed by atoms with Gasteiger partial charge in [0.1, 0.15) is 5.82 Å². The monoisotopic (exact) mass is 244 g/mol. The van der Waals surface area contributed by atoms with Crippen molar-refractivity contribution < 1.29 is 4.74 Å². The summed E-state index contributed by atoms with van der Waals surface area (Å²) in [7, 11) is 1.58. The molecule has 1 heterocycles. The lowest BCUT2D eigenvalue weighted by Crippen LogP contribution is -2.11. The first-order chi connectivity index (χ1) is 8.60. The van der Waals surface area contributed by atoms with E-state index >= 15 is 0 Å². The van der Waals surface area contributed by atoms with Crippen molar-refractivity contribution in [3.05, 3.63) is 51.4 Å². The van der Waals surface area contributed by atoms with Gasteiger partial charge < -0.3 is 9.72 Å². The first-order valence-corrected chi connectivity index (χ1v) is 5.77. The van der Waals surface area contributed by atoms with Crippen LogP contribution in [0.5, 0.6) is 0 Å². The van der Waals surface area contributed by atoms with E-state index in [-0.39, 0.29) is 5.56 Å². The van der Waals surface area contributed by atoms with E-state index in [0.717, 1.165) is 5.56 Å². The summed E-state index contributed by atoms with van der Waals surface area (Å²) in [6, 6.07) is 7.45. The van der Waals surface area contributed by atoms with Crippen molar-refractivity contribution in [2.75, 3.05) is 7.11 Å². The van der Waals surface area contributed by atoms with Gasteiger partial charge in [-0.2, -0.15) is 0 Å². The Bertz CT molecular complexity index is 617. The summed E-state index contributed by atoms with van der Waals surface area (Å²) in [5, 5.41) is 0. The normalized spacial score (nSPS) is 10.6. The van der Waals surface area contributed by atoms with Crippen molar-refractivity contribution in [2.45, 2.75) is 20.5 Å². The first-order valence-electron chi connectivity index (χ1n) is 5.77. The van der Waals surface area contributed by atoms with Gasteiger partial charge in [0, 0.05) is 18.7 Å². The van der Waals surface area contributed by atoms with Gasteiger partial charge in [0.2, 0.25) is 0 Å². The molecule has 1 aromatic carbocycles. The van der Waals surface area contributed by atoms with E-state index in [1.165, 1.54) is 17.2 Å². The lowest BCUT2D eigenvalue weighted by atomic mass is 10.1. The fourth-order valence-corrected chi connectivity index (χ4v) is 1.76. The lowest BCUT2D eigenvalue weighted by molar-refractivity contribution is 0.181. The SMILES string of the molecule is COCc1cc(=O)[nH]c(-c2ccc(C)c(C)c2)n1. The van der Waals surface area contributed by atoms with Crippen LogP contribution in [0.3, 0.4) is 0 Å². The van der Waals surface area contributed by atoms with Crippen LogP contribution in [0.15, 0.2) is 29.1 Å². The van der Waals surface area contributed by atoms with Crippen molar-refractivity contribution in [3.63, 3.8) is 0 Å². The van der Waals surface area contributed by atoms with Crippen LogP contribution >= 0.6 is 0 Å². The molecule has 0 aliphatic rings. The molecule has 0 fully saturated rings. The van der Waals surface area contributed by atoms with Crippen molar-refractivity contribution >= 4 is 0 Å². The van der Waals surface area contributed by atoms with Gasteiger partial charge in [-0.3, -0.25) is 4.79 Å². The van der Waals surface area contributed by atoms with Crippen molar-refractivity contribution in [3.8, 4) is 11.4 Å². The van der Waals surface area contributed by atoms with E-state index in [2.05, 4.69) is 16.9 Å². The second kappa shape index (κ2) is 5.14. The molecule has 0 unspecified atom stereocenters. The highest BCUT2D eigenvalue weighted by Gasteiger charge is 2.05. The number of ether oxygens (including phenoxy) is 1. The van der Waals surface area contributed by atoms with E-state index in [9.17, 15) is 4.79 Å². The van der Waals surface area contributed by atoms with Crippen LogP contribution in [0.1, 0.15) is 16.8 Å². The van der Waals surface area contributed by atoms with Gasteiger partial charge in [-0.05, 0) is 31.0 Å². The predicted octanol–water partition coefficient (Wildman–Crippen LogP) is 2.20. The number of nitrogens with one attached hydrogen (secondary N) is 1. The molecule has 0 spiro atoms. The summed E-state index contributed by atoms with van der Waals surface area (Å²) >= 11 is 0. The van der Waals surface area contributed by atoms with Gasteiger partial charge in [0.05, 0.1) is 12.3 Å². The third-order valence-corrected chi connectivity index (χ3v) is 2.87. The Morgan fingerprint density at radius 1 is 1.22 bits per heavy atom. The molecule has 18 heavy (non-hydrogen) atoms. The quantitative estimate of drug-likeness (QED) is 0.900. The number of hydrogen-bond acceptors (Lipinski definition) is 3. The molecule has 4 nitrogen and oxygen atoms in total. The maximum absolute atomic E-state index is 11.6. The fourth-order valence-electron chi connectivity index (χ4n) is 1.76. The molecule has 4 heteroatoms. The number of aromatic nitrogens is 2. The minimum atomic E-state index is -0.162. The summed E-state index contributed by atoms with van der Waals surface area (Å²) in [5.74, 6) is 0.581. The van der Waals surface area contributed by atoms with E-state index in [4.69, 9.17) is 4.74 Å². The van der Waals surface area contributed by atoms with Crippen molar-refractivity contribution in [1.29, 1.82) is 0 Å². The molecule has 0 atom stereocenters. The molecule has 0 radical (unpaired) electrons. The van der Waals surface area contributed by atoms with E-state index in [0.29, 0.717) is 18.1 Å². The fraction of sp³-hybridized carbons (Fsp3) is 0.286. The lowest BCUT2D eigenvalue weighted by Gasteiger charge is -2.06. The Morgan fingerprint density at radius 2 is 2.00 bits per heavy atom. The molecule has 0 aliphatic heterocycles. The molecule has 0 saturated heterocycles. The Hall–Kier alpha value is -1.94. The Morgan fingerprint density at radius 3 is 2.67 bits per heavy atom. The summed E-state index contributed by atoms with van der Waals surface area (Å²) in [4.78, 5) is 18.7. The third kappa shape index (κ3) is 2.65. The van der Waals surface area contributed by atoms with Crippen molar-refractivity contribution in [2.24, 2.45) is 0 Å². The number of rotatable bonds is 3. The van der Waals surface area contributed by atoms with Gasteiger partial charge in [0.25, 0.3) is 5.56 Å². The van der Waals surface area contributed by atoms with Gasteiger partial charge in [-0.25, -0.2) is 4.98 Å². The largest absolute Gasteiger partial charge is 0.378 e. The van der Waals surface area contributed by atoms with Crippen LogP contribution in [-0.4, -0.2) is 17.1 Å². The Kier molecular flexibility index (Phi) is 3.58. The zero-order valence-corrected chi connectivity index (χ0v) is 10.8. The van der Waals surface area contributed by atoms with Gasteiger partial charge >= 0.3 is 0 Å². The molecule has 2 rings (SSSR count). The Labute approximate surface area is 106 Å². The minimum Gasteiger partial charge on any atom is -0.378 e. The molecule has 0 amide bonds. The van der Waals surface area contributed by atoms with Gasteiger partial charge in [0.15, 0.2) is 0 Å². The number of benzene rings is 1. The molecule has 2 aromatic rings. The number of methoxy groups -OCH3 is 1. The molecule has 0 saturated carbocycles. The number of nitrogens with zero attached hydrogens (tertiary/aromatic N) is 1. The highest BCUT2D eigenvalue weighted by Crippen LogP contribution is 2.18. The summed E-state index contributed by atoms with van der Waals surface area (Å²) in [5.41, 5.74) is 3.77. The van der Waals surface area contributed by atoms with E-state index in [1.54, 1.807) is 7.11 Å². The van der Waals surface area contributed by atoms with Crippen LogP contribution in [-0.2, 0) is 11.3 Å². The van der Waals surface area contributed by atoms with Gasteiger partial charge in [-0.1, -0.05) is 12.1 Å². The zero-order chi connectivity index (χ0) is 13.1. The number of aromatic amines is 1. The second-order valence-corrected chi connectivity index (χ2v) is 4.32. The van der Waals surface area contributed by atoms with Crippen LogP contribution in [0.4, 0.5) is 0 Å². The smallest absolute Gasteiger partial charge is 0.251 e. The molecule has 1 N–H and O–H groups in total. The van der Waals surface area contributed by atoms with E-state index < -0.39 is 0 Å². The number of aryl methyl sites for hydroxylation is 2. The Balaban J connectivity index is 2.49. The van der Waals surface area contributed by atoms with E-state index in [1.807, 2.05) is 25.1 Å². The molecule has 1 aromatic heterocycles. The molecule has 0 bridgehead atoms. The molecule has 0 aliphatic carbocycles. The van der Waals surface area contributed by atoms with Gasteiger partial charge in [-0.15, -0.1) is 0 Å². The van der Waals surface area contributed by atoms with Crippen LogP contribution < -0.4 is 5.56 Å². The first kappa shape index (κ1) is 12.5. The highest BCUT2D eigenvalue weighted by atomic mass is 16.5. The highest BCUT2D eigenvalue weighted by molar-refractivity contribution is 5.57. The van der Waals surface area contributed by atoms with Crippen LogP contribution in [0.2, 0.25) is 0 Å². The standard InChI is InChI=1S/C14H16N2O2/c1-9-4-5-11(6-10(9)2)14-15-12(8-18-3)7-13(17)16-14/h4-7H,8H2,1-3H3,(H,15,16,17). The van der Waals surface area contributed by atoms with Crippen LogP contribution in [0, 0.1) is 13.8 Å². The average molecular weight is 244 g/mol. The number of H-pyrrole nitrogens is 1. The number of hydrogen-bond donors (Lipinski definition) is 1. The minimum absolute atomic E-state index is 0.162. The summed E-state index contributed by atoms with van der Waals surface area (Å²) in [6.45, 7) is 4.42. The third-order valence-electron chi connectivity index (χ3n) is 2.87. The van der Waals surface area contributed by atoms with Crippen molar-refractivity contribution in [1.82, 2.24) is 9.97 Å². The maximum Gasteiger partial charge on any atom is 0.251 e.